The third-order valence-electron chi connectivity index (χ3n) is 1.89. The number of methoxy groups -OCH3 is 2. The van der Waals surface area contributed by atoms with Crippen LogP contribution < -0.4 is 14.8 Å². The Morgan fingerprint density at radius 1 is 1.16 bits per heavy atom. The predicted molar refractivity (Wildman–Crippen MR) is 60.5 cm³/mol. The molecule has 6 nitrogen and oxygen atoms in total. The van der Waals surface area contributed by atoms with Gasteiger partial charge in [0.25, 0.3) is 0 Å². The van der Waals surface area contributed by atoms with Gasteiger partial charge in [-0.05, 0) is 0 Å². The maximum absolute atomic E-state index is 11.8. The molecule has 0 aliphatic heterocycles. The summed E-state index contributed by atoms with van der Waals surface area (Å²) in [7, 11) is 2.86. The number of hydrogen-bond donors (Lipinski definition) is 1. The molecule has 0 radical (unpaired) electrons. The molecule has 0 atom stereocenters. The van der Waals surface area contributed by atoms with Crippen molar-refractivity contribution in [3.05, 3.63) is 6.07 Å². The maximum atomic E-state index is 11.8. The molecule has 0 spiro atoms. The molecule has 0 aliphatic carbocycles. The van der Waals surface area contributed by atoms with Gasteiger partial charge < -0.3 is 19.5 Å². The number of anilines is 1. The summed E-state index contributed by atoms with van der Waals surface area (Å²) in [4.78, 5) is 7.89. The summed E-state index contributed by atoms with van der Waals surface area (Å²) in [6, 6.07) is 1.48. The highest BCUT2D eigenvalue weighted by Crippen LogP contribution is 2.17. The van der Waals surface area contributed by atoms with Gasteiger partial charge in [-0.25, -0.2) is 0 Å². The van der Waals surface area contributed by atoms with E-state index in [0.717, 1.165) is 0 Å². The van der Waals surface area contributed by atoms with Crippen molar-refractivity contribution in [3.63, 3.8) is 0 Å². The van der Waals surface area contributed by atoms with Gasteiger partial charge in [-0.1, -0.05) is 0 Å². The monoisotopic (exact) mass is 281 g/mol. The van der Waals surface area contributed by atoms with E-state index in [2.05, 4.69) is 20.0 Å². The largest absolute Gasteiger partial charge is 0.481 e. The van der Waals surface area contributed by atoms with Crippen LogP contribution in [0.4, 0.5) is 19.1 Å². The lowest BCUT2D eigenvalue weighted by Crippen LogP contribution is -2.20. The zero-order chi connectivity index (χ0) is 14.3. The molecule has 1 heterocycles. The van der Waals surface area contributed by atoms with Crippen LogP contribution in [-0.2, 0) is 4.74 Å². The fourth-order valence-corrected chi connectivity index (χ4v) is 1.12. The van der Waals surface area contributed by atoms with Gasteiger partial charge in [0, 0.05) is 6.54 Å². The molecule has 1 N–H and O–H groups in total. The van der Waals surface area contributed by atoms with E-state index in [-0.39, 0.29) is 30.9 Å². The molecule has 19 heavy (non-hydrogen) atoms. The summed E-state index contributed by atoms with van der Waals surface area (Å²) in [5.74, 6) is 0.753. The molecule has 0 amide bonds. The summed E-state index contributed by atoms with van der Waals surface area (Å²) < 4.78 is 49.7. The summed E-state index contributed by atoms with van der Waals surface area (Å²) in [5, 5.41) is 2.71. The third kappa shape index (κ3) is 6.09. The van der Waals surface area contributed by atoms with Gasteiger partial charge in [0.1, 0.15) is 6.61 Å². The SMILES string of the molecule is COc1cc(OC)nc(NCCOCC(F)(F)F)n1. The van der Waals surface area contributed by atoms with Crippen molar-refractivity contribution in [2.45, 2.75) is 6.18 Å². The van der Waals surface area contributed by atoms with Crippen LogP contribution in [0, 0.1) is 0 Å². The molecule has 0 aliphatic rings. The van der Waals surface area contributed by atoms with Crippen LogP contribution in [0.25, 0.3) is 0 Å². The zero-order valence-electron chi connectivity index (χ0n) is 10.5. The van der Waals surface area contributed by atoms with Crippen LogP contribution in [0.3, 0.4) is 0 Å². The fraction of sp³-hybridized carbons (Fsp3) is 0.600. The van der Waals surface area contributed by atoms with Gasteiger partial charge in [-0.3, -0.25) is 0 Å². The van der Waals surface area contributed by atoms with E-state index in [4.69, 9.17) is 9.47 Å². The molecule has 0 aromatic carbocycles. The van der Waals surface area contributed by atoms with Crippen LogP contribution in [0.2, 0.25) is 0 Å². The molecular weight excluding hydrogens is 267 g/mol. The lowest BCUT2D eigenvalue weighted by Gasteiger charge is -2.09. The minimum atomic E-state index is -4.32. The number of nitrogens with one attached hydrogen (secondary N) is 1. The molecule has 1 aromatic rings. The first-order valence-electron chi connectivity index (χ1n) is 5.30. The normalized spacial score (nSPS) is 11.2. The van der Waals surface area contributed by atoms with Crippen molar-refractivity contribution in [1.29, 1.82) is 0 Å². The number of halogens is 3. The van der Waals surface area contributed by atoms with E-state index >= 15 is 0 Å². The summed E-state index contributed by atoms with van der Waals surface area (Å²) >= 11 is 0. The fourth-order valence-electron chi connectivity index (χ4n) is 1.12. The smallest absolute Gasteiger partial charge is 0.411 e. The van der Waals surface area contributed by atoms with Crippen molar-refractivity contribution in [2.24, 2.45) is 0 Å². The second-order valence-electron chi connectivity index (χ2n) is 3.37. The topological polar surface area (TPSA) is 65.5 Å². The zero-order valence-corrected chi connectivity index (χ0v) is 10.5. The average Bonchev–Trinajstić information content (AvgIpc) is 2.36. The van der Waals surface area contributed by atoms with Crippen LogP contribution in [-0.4, -0.2) is 50.1 Å². The van der Waals surface area contributed by atoms with Gasteiger partial charge in [-0.15, -0.1) is 0 Å². The van der Waals surface area contributed by atoms with Gasteiger partial charge in [-0.2, -0.15) is 23.1 Å². The molecule has 0 bridgehead atoms. The quantitative estimate of drug-likeness (QED) is 0.764. The molecule has 108 valence electrons. The highest BCUT2D eigenvalue weighted by atomic mass is 19.4. The Morgan fingerprint density at radius 2 is 1.74 bits per heavy atom. The van der Waals surface area contributed by atoms with Crippen molar-refractivity contribution in [2.75, 3.05) is 39.3 Å². The van der Waals surface area contributed by atoms with E-state index in [0.29, 0.717) is 0 Å². The molecule has 1 aromatic heterocycles. The van der Waals surface area contributed by atoms with E-state index in [1.807, 2.05) is 0 Å². The number of rotatable bonds is 7. The van der Waals surface area contributed by atoms with E-state index in [1.165, 1.54) is 20.3 Å². The van der Waals surface area contributed by atoms with Crippen LogP contribution in [0.5, 0.6) is 11.8 Å². The summed E-state index contributed by atoms with van der Waals surface area (Å²) in [5.41, 5.74) is 0. The standard InChI is InChI=1S/C10H14F3N3O3/c1-17-7-5-8(18-2)16-9(15-7)14-3-4-19-6-10(11,12)13/h5H,3-4,6H2,1-2H3,(H,14,15,16). The molecule has 0 saturated heterocycles. The van der Waals surface area contributed by atoms with E-state index < -0.39 is 12.8 Å². The lowest BCUT2D eigenvalue weighted by molar-refractivity contribution is -0.172. The molecule has 0 saturated carbocycles. The highest BCUT2D eigenvalue weighted by molar-refractivity contribution is 5.33. The van der Waals surface area contributed by atoms with E-state index in [9.17, 15) is 13.2 Å². The number of hydrogen-bond acceptors (Lipinski definition) is 6. The maximum Gasteiger partial charge on any atom is 0.411 e. The second-order valence-corrected chi connectivity index (χ2v) is 3.37. The molecule has 9 heteroatoms. The van der Waals surface area contributed by atoms with Crippen molar-refractivity contribution in [1.82, 2.24) is 9.97 Å². The molecule has 0 unspecified atom stereocenters. The number of nitrogens with zero attached hydrogens (tertiary/aromatic N) is 2. The van der Waals surface area contributed by atoms with Gasteiger partial charge in [0.15, 0.2) is 0 Å². The molecule has 1 rings (SSSR count). The Bertz CT molecular complexity index is 379. The Balaban J connectivity index is 2.40. The van der Waals surface area contributed by atoms with Crippen LogP contribution in [0.15, 0.2) is 6.07 Å². The Kier molecular flexibility index (Phi) is 5.61. The predicted octanol–water partition coefficient (Wildman–Crippen LogP) is 1.48. The van der Waals surface area contributed by atoms with Gasteiger partial charge in [0.05, 0.1) is 26.9 Å². The van der Waals surface area contributed by atoms with E-state index in [1.54, 1.807) is 0 Å². The van der Waals surface area contributed by atoms with Crippen molar-refractivity contribution in [3.8, 4) is 11.8 Å². The Morgan fingerprint density at radius 3 is 2.21 bits per heavy atom. The highest BCUT2D eigenvalue weighted by Gasteiger charge is 2.27. The second kappa shape index (κ2) is 6.98. The summed E-state index contributed by atoms with van der Waals surface area (Å²) in [6.07, 6.45) is -4.32. The Hall–Kier alpha value is -1.77. The number of ether oxygens (including phenoxy) is 3. The minimum absolute atomic E-state index is 0.123. The first-order valence-corrected chi connectivity index (χ1v) is 5.30. The average molecular weight is 281 g/mol. The Labute approximate surface area is 107 Å². The van der Waals surface area contributed by atoms with Gasteiger partial charge in [0.2, 0.25) is 17.7 Å². The lowest BCUT2D eigenvalue weighted by atomic mass is 10.6. The number of alkyl halides is 3. The van der Waals surface area contributed by atoms with Crippen LogP contribution in [0.1, 0.15) is 0 Å². The van der Waals surface area contributed by atoms with Crippen molar-refractivity contribution >= 4 is 5.95 Å². The molecule has 0 fully saturated rings. The number of aromatic nitrogens is 2. The first-order chi connectivity index (χ1) is 8.94. The summed E-state index contributed by atoms with van der Waals surface area (Å²) in [6.45, 7) is -1.27. The van der Waals surface area contributed by atoms with Crippen LogP contribution >= 0.6 is 0 Å². The first kappa shape index (κ1) is 15.3. The minimum Gasteiger partial charge on any atom is -0.481 e. The third-order valence-corrected chi connectivity index (χ3v) is 1.89. The van der Waals surface area contributed by atoms with Gasteiger partial charge >= 0.3 is 6.18 Å². The molecular formula is C10H14F3N3O3. The van der Waals surface area contributed by atoms with Crippen molar-refractivity contribution < 1.29 is 27.4 Å².